The first-order chi connectivity index (χ1) is 17.0. The molecule has 1 atom stereocenters. The number of anilines is 1. The minimum atomic E-state index is -4.17. The summed E-state index contributed by atoms with van der Waals surface area (Å²) >= 11 is 5.94. The van der Waals surface area contributed by atoms with Crippen molar-refractivity contribution in [1.82, 2.24) is 10.2 Å². The number of sulfonamides is 1. The molecule has 36 heavy (non-hydrogen) atoms. The number of rotatable bonds is 9. The van der Waals surface area contributed by atoms with Gasteiger partial charge in [-0.05, 0) is 67.9 Å². The molecule has 1 N–H and O–H groups in total. The molecule has 3 aromatic carbocycles. The van der Waals surface area contributed by atoms with Gasteiger partial charge in [0, 0.05) is 18.6 Å². The number of carbonyl (C=O) groups is 2. The van der Waals surface area contributed by atoms with Gasteiger partial charge in [0.2, 0.25) is 11.8 Å². The van der Waals surface area contributed by atoms with E-state index in [4.69, 9.17) is 11.6 Å². The molecule has 0 aromatic heterocycles. The van der Waals surface area contributed by atoms with Crippen molar-refractivity contribution in [2.24, 2.45) is 0 Å². The van der Waals surface area contributed by atoms with E-state index in [1.807, 2.05) is 6.92 Å². The van der Waals surface area contributed by atoms with Gasteiger partial charge in [-0.2, -0.15) is 0 Å². The molecule has 0 aliphatic carbocycles. The zero-order chi connectivity index (χ0) is 26.5. The zero-order valence-corrected chi connectivity index (χ0v) is 21.7. The lowest BCUT2D eigenvalue weighted by Gasteiger charge is -2.31. The number of carbonyl (C=O) groups excluding carboxylic acids is 2. The van der Waals surface area contributed by atoms with Gasteiger partial charge in [-0.15, -0.1) is 0 Å². The Bertz CT molecular complexity index is 1310. The zero-order valence-electron chi connectivity index (χ0n) is 20.1. The van der Waals surface area contributed by atoms with E-state index in [0.29, 0.717) is 16.3 Å². The molecule has 3 aromatic rings. The van der Waals surface area contributed by atoms with Crippen LogP contribution in [0.1, 0.15) is 18.1 Å². The summed E-state index contributed by atoms with van der Waals surface area (Å²) in [6.07, 6.45) is 0. The van der Waals surface area contributed by atoms with E-state index < -0.39 is 40.2 Å². The van der Waals surface area contributed by atoms with Crippen molar-refractivity contribution in [1.29, 1.82) is 0 Å². The van der Waals surface area contributed by atoms with Gasteiger partial charge in [-0.1, -0.05) is 41.4 Å². The van der Waals surface area contributed by atoms with Crippen molar-refractivity contribution < 1.29 is 22.4 Å². The predicted molar refractivity (Wildman–Crippen MR) is 138 cm³/mol. The van der Waals surface area contributed by atoms with E-state index in [-0.39, 0.29) is 11.4 Å². The van der Waals surface area contributed by atoms with Crippen molar-refractivity contribution in [3.63, 3.8) is 0 Å². The third kappa shape index (κ3) is 6.41. The summed E-state index contributed by atoms with van der Waals surface area (Å²) in [5.41, 5.74) is 1.79. The number of amides is 2. The molecule has 0 aliphatic rings. The first-order valence-corrected chi connectivity index (χ1v) is 12.9. The van der Waals surface area contributed by atoms with Crippen LogP contribution >= 0.6 is 11.6 Å². The SMILES string of the molecule is CNC(=O)C(C)N(Cc1ccc(F)cc1)C(=O)CN(c1ccc(C)cc1)S(=O)(=O)c1ccc(Cl)cc1. The predicted octanol–water partition coefficient (Wildman–Crippen LogP) is 4.15. The van der Waals surface area contributed by atoms with Crippen LogP contribution in [0.15, 0.2) is 77.7 Å². The molecule has 7 nitrogen and oxygen atoms in total. The van der Waals surface area contributed by atoms with Crippen molar-refractivity contribution in [3.05, 3.63) is 94.8 Å². The third-order valence-corrected chi connectivity index (χ3v) is 7.72. The lowest BCUT2D eigenvalue weighted by atomic mass is 10.1. The summed E-state index contributed by atoms with van der Waals surface area (Å²) in [6, 6.07) is 17.0. The molecule has 0 heterocycles. The molecule has 0 bridgehead atoms. The second-order valence-electron chi connectivity index (χ2n) is 8.24. The average molecular weight is 532 g/mol. The van der Waals surface area contributed by atoms with E-state index >= 15 is 0 Å². The Balaban J connectivity index is 2.01. The molecule has 2 amide bonds. The Kier molecular flexibility index (Phi) is 8.70. The minimum Gasteiger partial charge on any atom is -0.357 e. The standard InChI is InChI=1S/C26H27ClFN3O4S/c1-18-4-12-23(13-5-18)31(36(34,35)24-14-8-21(27)9-15-24)17-25(32)30(19(2)26(33)29-3)16-20-6-10-22(28)11-7-20/h4-15,19H,16-17H2,1-3H3,(H,29,33). The molecule has 1 unspecified atom stereocenters. The Morgan fingerprint density at radius 2 is 1.56 bits per heavy atom. The van der Waals surface area contributed by atoms with E-state index in [1.54, 1.807) is 31.2 Å². The molecule has 0 aliphatic heterocycles. The molecule has 0 radical (unpaired) electrons. The lowest BCUT2D eigenvalue weighted by molar-refractivity contribution is -0.139. The second-order valence-corrected chi connectivity index (χ2v) is 10.5. The highest BCUT2D eigenvalue weighted by Gasteiger charge is 2.32. The first kappa shape index (κ1) is 27.2. The van der Waals surface area contributed by atoms with Gasteiger partial charge in [-0.25, -0.2) is 12.8 Å². The van der Waals surface area contributed by atoms with Gasteiger partial charge in [0.05, 0.1) is 10.6 Å². The number of nitrogens with one attached hydrogen (secondary N) is 1. The quantitative estimate of drug-likeness (QED) is 0.449. The van der Waals surface area contributed by atoms with Crippen LogP contribution in [0.25, 0.3) is 0 Å². The fourth-order valence-corrected chi connectivity index (χ4v) is 5.09. The molecule has 0 spiro atoms. The number of benzene rings is 3. The van der Waals surface area contributed by atoms with Crippen LogP contribution in [0.4, 0.5) is 10.1 Å². The molecule has 0 saturated carbocycles. The van der Waals surface area contributed by atoms with Crippen molar-refractivity contribution in [2.45, 2.75) is 31.3 Å². The third-order valence-electron chi connectivity index (χ3n) is 5.68. The first-order valence-electron chi connectivity index (χ1n) is 11.1. The number of hydrogen-bond acceptors (Lipinski definition) is 4. The maximum Gasteiger partial charge on any atom is 0.264 e. The second kappa shape index (κ2) is 11.5. The minimum absolute atomic E-state index is 0.0174. The smallest absolute Gasteiger partial charge is 0.264 e. The van der Waals surface area contributed by atoms with Gasteiger partial charge in [-0.3, -0.25) is 13.9 Å². The van der Waals surface area contributed by atoms with Gasteiger partial charge in [0.1, 0.15) is 18.4 Å². The maximum atomic E-state index is 13.6. The van der Waals surface area contributed by atoms with Gasteiger partial charge < -0.3 is 10.2 Å². The topological polar surface area (TPSA) is 86.8 Å². The summed E-state index contributed by atoms with van der Waals surface area (Å²) in [5, 5.41) is 2.88. The fraction of sp³-hybridized carbons (Fsp3) is 0.231. The molecule has 0 fully saturated rings. The maximum absolute atomic E-state index is 13.6. The highest BCUT2D eigenvalue weighted by Crippen LogP contribution is 2.26. The van der Waals surface area contributed by atoms with Crippen LogP contribution in [0, 0.1) is 12.7 Å². The van der Waals surface area contributed by atoms with Crippen LogP contribution in [0.3, 0.4) is 0 Å². The summed E-state index contributed by atoms with van der Waals surface area (Å²) in [5.74, 6) is -1.46. The summed E-state index contributed by atoms with van der Waals surface area (Å²) < 4.78 is 41.7. The Hall–Kier alpha value is -3.43. The van der Waals surface area contributed by atoms with Crippen LogP contribution in [-0.4, -0.2) is 44.8 Å². The van der Waals surface area contributed by atoms with Gasteiger partial charge >= 0.3 is 0 Å². The summed E-state index contributed by atoms with van der Waals surface area (Å²) in [6.45, 7) is 2.83. The molecular weight excluding hydrogens is 505 g/mol. The number of nitrogens with zero attached hydrogens (tertiary/aromatic N) is 2. The number of aryl methyl sites for hydroxylation is 1. The van der Waals surface area contributed by atoms with E-state index in [1.165, 1.54) is 60.5 Å². The van der Waals surface area contributed by atoms with Crippen LogP contribution < -0.4 is 9.62 Å². The molecule has 10 heteroatoms. The highest BCUT2D eigenvalue weighted by molar-refractivity contribution is 7.92. The van der Waals surface area contributed by atoms with Crippen molar-refractivity contribution in [3.8, 4) is 0 Å². The van der Waals surface area contributed by atoms with Crippen molar-refractivity contribution in [2.75, 3.05) is 17.9 Å². The lowest BCUT2D eigenvalue weighted by Crippen LogP contribution is -2.50. The monoisotopic (exact) mass is 531 g/mol. The number of likely N-dealkylation sites (N-methyl/N-ethyl adjacent to an activating group) is 1. The molecule has 190 valence electrons. The fourth-order valence-electron chi connectivity index (χ4n) is 3.55. The Morgan fingerprint density at radius 1 is 0.972 bits per heavy atom. The van der Waals surface area contributed by atoms with Gasteiger partial charge in [0.25, 0.3) is 10.0 Å². The van der Waals surface area contributed by atoms with Gasteiger partial charge in [0.15, 0.2) is 0 Å². The Labute approximate surface area is 215 Å². The Morgan fingerprint density at radius 3 is 2.11 bits per heavy atom. The summed E-state index contributed by atoms with van der Waals surface area (Å²) in [7, 11) is -2.72. The van der Waals surface area contributed by atoms with Crippen LogP contribution in [0.5, 0.6) is 0 Å². The van der Waals surface area contributed by atoms with Crippen LogP contribution in [0.2, 0.25) is 5.02 Å². The van der Waals surface area contributed by atoms with Crippen molar-refractivity contribution >= 4 is 39.1 Å². The molecule has 3 rings (SSSR count). The highest BCUT2D eigenvalue weighted by atomic mass is 35.5. The molecular formula is C26H27ClFN3O4S. The summed E-state index contributed by atoms with van der Waals surface area (Å²) in [4.78, 5) is 27.3. The largest absolute Gasteiger partial charge is 0.357 e. The van der Waals surface area contributed by atoms with E-state index in [9.17, 15) is 22.4 Å². The number of halogens is 2. The van der Waals surface area contributed by atoms with Crippen LogP contribution in [-0.2, 0) is 26.2 Å². The van der Waals surface area contributed by atoms with E-state index in [2.05, 4.69) is 5.32 Å². The van der Waals surface area contributed by atoms with E-state index in [0.717, 1.165) is 9.87 Å². The average Bonchev–Trinajstić information content (AvgIpc) is 2.86. The number of hydrogen-bond donors (Lipinski definition) is 1. The molecule has 0 saturated heterocycles. The normalized spacial score (nSPS) is 12.0.